The summed E-state index contributed by atoms with van der Waals surface area (Å²) in [6.45, 7) is 2.04. The van der Waals surface area contributed by atoms with Gasteiger partial charge in [-0.3, -0.25) is 4.79 Å². The minimum Gasteiger partial charge on any atom is -0.288 e. The molecule has 0 N–H and O–H groups in total. The lowest BCUT2D eigenvalue weighted by molar-refractivity contribution is 0.105. The summed E-state index contributed by atoms with van der Waals surface area (Å²) in [7, 11) is 0. The summed E-state index contributed by atoms with van der Waals surface area (Å²) >= 11 is 4.80. The minimum absolute atomic E-state index is 0.0437. The average Bonchev–Trinajstić information content (AvgIpc) is 2.73. The topological polar surface area (TPSA) is 17.1 Å². The first-order valence-corrected chi connectivity index (χ1v) is 6.80. The van der Waals surface area contributed by atoms with Crippen LogP contribution in [0.15, 0.2) is 46.3 Å². The molecular weight excluding hydrogens is 296 g/mol. The molecular formula is C14H11BrOS. The van der Waals surface area contributed by atoms with E-state index in [4.69, 9.17) is 0 Å². The second-order valence-corrected chi connectivity index (χ2v) is 6.18. The Labute approximate surface area is 113 Å². The molecule has 0 aliphatic carbocycles. The van der Waals surface area contributed by atoms with Gasteiger partial charge in [-0.2, -0.15) is 0 Å². The number of thiophene rings is 1. The van der Waals surface area contributed by atoms with Crippen molar-refractivity contribution in [3.8, 4) is 0 Å². The van der Waals surface area contributed by atoms with Crippen molar-refractivity contribution in [3.63, 3.8) is 0 Å². The van der Waals surface area contributed by atoms with Gasteiger partial charge < -0.3 is 0 Å². The van der Waals surface area contributed by atoms with Crippen LogP contribution in [-0.2, 0) is 0 Å². The number of rotatable bonds is 3. The highest BCUT2D eigenvalue weighted by atomic mass is 79.9. The maximum Gasteiger partial charge on any atom is 0.195 e. The van der Waals surface area contributed by atoms with Gasteiger partial charge in [0.15, 0.2) is 5.78 Å². The van der Waals surface area contributed by atoms with Crippen LogP contribution in [0, 0.1) is 6.92 Å². The normalized spacial score (nSPS) is 10.9. The Bertz CT molecular complexity index is 569. The average molecular weight is 307 g/mol. The van der Waals surface area contributed by atoms with E-state index in [-0.39, 0.29) is 5.78 Å². The van der Waals surface area contributed by atoms with Gasteiger partial charge in [-0.05, 0) is 46.6 Å². The van der Waals surface area contributed by atoms with Crippen molar-refractivity contribution in [1.82, 2.24) is 0 Å². The molecule has 0 aliphatic heterocycles. The molecule has 1 heterocycles. The van der Waals surface area contributed by atoms with Gasteiger partial charge in [0.05, 0.1) is 8.66 Å². The predicted molar refractivity (Wildman–Crippen MR) is 76.6 cm³/mol. The van der Waals surface area contributed by atoms with Crippen LogP contribution < -0.4 is 0 Å². The summed E-state index contributed by atoms with van der Waals surface area (Å²) in [6, 6.07) is 11.8. The molecule has 0 bridgehead atoms. The van der Waals surface area contributed by atoms with Crippen molar-refractivity contribution in [2.24, 2.45) is 0 Å². The highest BCUT2D eigenvalue weighted by molar-refractivity contribution is 9.11. The molecule has 86 valence electrons. The number of halogens is 1. The number of aryl methyl sites for hydroxylation is 1. The van der Waals surface area contributed by atoms with Crippen molar-refractivity contribution in [2.75, 3.05) is 0 Å². The fraction of sp³-hybridized carbons (Fsp3) is 0.0714. The number of carbonyl (C=O) groups is 1. The Hall–Kier alpha value is -1.19. The maximum atomic E-state index is 11.8. The van der Waals surface area contributed by atoms with E-state index in [1.54, 1.807) is 6.08 Å². The van der Waals surface area contributed by atoms with Crippen molar-refractivity contribution in [1.29, 1.82) is 0 Å². The van der Waals surface area contributed by atoms with E-state index >= 15 is 0 Å². The Morgan fingerprint density at radius 1 is 1.29 bits per heavy atom. The van der Waals surface area contributed by atoms with Gasteiger partial charge in [-0.25, -0.2) is 0 Å². The molecule has 0 unspecified atom stereocenters. The fourth-order valence-corrected chi connectivity index (χ4v) is 2.78. The summed E-state index contributed by atoms with van der Waals surface area (Å²) in [5.41, 5.74) is 2.24. The van der Waals surface area contributed by atoms with Crippen molar-refractivity contribution in [3.05, 3.63) is 62.3 Å². The van der Waals surface area contributed by atoms with E-state index in [2.05, 4.69) is 15.9 Å². The van der Waals surface area contributed by atoms with Gasteiger partial charge in [0.25, 0.3) is 0 Å². The second kappa shape index (κ2) is 5.43. The molecule has 0 saturated heterocycles. The largest absolute Gasteiger partial charge is 0.288 e. The number of hydrogen-bond donors (Lipinski definition) is 0. The van der Waals surface area contributed by atoms with Crippen molar-refractivity contribution in [2.45, 2.75) is 6.92 Å². The zero-order chi connectivity index (χ0) is 12.3. The minimum atomic E-state index is 0.0437. The number of hydrogen-bond acceptors (Lipinski definition) is 2. The summed E-state index contributed by atoms with van der Waals surface area (Å²) < 4.78 is 0.977. The van der Waals surface area contributed by atoms with E-state index in [0.29, 0.717) is 0 Å². The molecule has 1 aromatic heterocycles. The molecule has 3 heteroatoms. The van der Waals surface area contributed by atoms with E-state index in [9.17, 15) is 4.79 Å². The number of allylic oxidation sites excluding steroid dienone is 1. The summed E-state index contributed by atoms with van der Waals surface area (Å²) in [6.07, 6.45) is 3.47. The standard InChI is InChI=1S/C14H11BrOS/c1-10-3-2-4-11(9-10)5-6-12(16)13-7-8-14(15)17-13/h2-9H,1H3/b6-5+. The monoisotopic (exact) mass is 306 g/mol. The van der Waals surface area contributed by atoms with E-state index in [0.717, 1.165) is 14.2 Å². The van der Waals surface area contributed by atoms with Gasteiger partial charge in [0.1, 0.15) is 0 Å². The van der Waals surface area contributed by atoms with Crippen LogP contribution in [0.3, 0.4) is 0 Å². The third-order valence-electron chi connectivity index (χ3n) is 2.29. The van der Waals surface area contributed by atoms with Crippen LogP contribution in [0.1, 0.15) is 20.8 Å². The molecule has 0 aliphatic rings. The highest BCUT2D eigenvalue weighted by Gasteiger charge is 2.04. The fourth-order valence-electron chi connectivity index (χ4n) is 1.47. The molecule has 2 aromatic rings. The quantitative estimate of drug-likeness (QED) is 0.592. The number of benzene rings is 1. The van der Waals surface area contributed by atoms with E-state index < -0.39 is 0 Å². The molecule has 0 atom stereocenters. The van der Waals surface area contributed by atoms with Crippen molar-refractivity contribution < 1.29 is 4.79 Å². The lowest BCUT2D eigenvalue weighted by Crippen LogP contribution is -1.88. The molecule has 0 saturated carbocycles. The molecule has 0 fully saturated rings. The SMILES string of the molecule is Cc1cccc(/C=C/C(=O)c2ccc(Br)s2)c1. The van der Waals surface area contributed by atoms with E-state index in [1.807, 2.05) is 49.4 Å². The molecule has 0 amide bonds. The lowest BCUT2D eigenvalue weighted by Gasteiger charge is -1.95. The predicted octanol–water partition coefficient (Wildman–Crippen LogP) is 4.72. The molecule has 0 spiro atoms. The summed E-state index contributed by atoms with van der Waals surface area (Å²) in [5.74, 6) is 0.0437. The maximum absolute atomic E-state index is 11.8. The van der Waals surface area contributed by atoms with Crippen molar-refractivity contribution >= 4 is 39.1 Å². The van der Waals surface area contributed by atoms with Gasteiger partial charge in [0, 0.05) is 0 Å². The Morgan fingerprint density at radius 3 is 2.76 bits per heavy atom. The Balaban J connectivity index is 2.13. The lowest BCUT2D eigenvalue weighted by atomic mass is 10.1. The van der Waals surface area contributed by atoms with Crippen LogP contribution >= 0.6 is 27.3 Å². The van der Waals surface area contributed by atoms with Crippen LogP contribution in [-0.4, -0.2) is 5.78 Å². The third-order valence-corrected chi connectivity index (χ3v) is 3.92. The van der Waals surface area contributed by atoms with Gasteiger partial charge in [-0.1, -0.05) is 35.9 Å². The van der Waals surface area contributed by atoms with Gasteiger partial charge in [0.2, 0.25) is 0 Å². The Kier molecular flexibility index (Phi) is 3.92. The first kappa shape index (κ1) is 12.3. The zero-order valence-electron chi connectivity index (χ0n) is 9.31. The molecule has 0 radical (unpaired) electrons. The zero-order valence-corrected chi connectivity index (χ0v) is 11.7. The second-order valence-electron chi connectivity index (χ2n) is 3.72. The molecule has 2 rings (SSSR count). The first-order chi connectivity index (χ1) is 8.15. The first-order valence-electron chi connectivity index (χ1n) is 5.19. The summed E-state index contributed by atoms with van der Waals surface area (Å²) in [4.78, 5) is 12.6. The number of ketones is 1. The summed E-state index contributed by atoms with van der Waals surface area (Å²) in [5, 5.41) is 0. The molecule has 1 aromatic carbocycles. The van der Waals surface area contributed by atoms with Gasteiger partial charge >= 0.3 is 0 Å². The van der Waals surface area contributed by atoms with Crippen LogP contribution in [0.25, 0.3) is 6.08 Å². The van der Waals surface area contributed by atoms with Crippen LogP contribution in [0.5, 0.6) is 0 Å². The van der Waals surface area contributed by atoms with Crippen LogP contribution in [0.2, 0.25) is 0 Å². The molecule has 1 nitrogen and oxygen atoms in total. The van der Waals surface area contributed by atoms with Gasteiger partial charge in [-0.15, -0.1) is 11.3 Å². The molecule has 17 heavy (non-hydrogen) atoms. The highest BCUT2D eigenvalue weighted by Crippen LogP contribution is 2.22. The Morgan fingerprint density at radius 2 is 2.12 bits per heavy atom. The smallest absolute Gasteiger partial charge is 0.195 e. The third kappa shape index (κ3) is 3.38. The van der Waals surface area contributed by atoms with Crippen LogP contribution in [0.4, 0.5) is 0 Å². The van der Waals surface area contributed by atoms with E-state index in [1.165, 1.54) is 16.9 Å². The number of carbonyl (C=O) groups excluding carboxylic acids is 1.